The predicted octanol–water partition coefficient (Wildman–Crippen LogP) is 3.48. The van der Waals surface area contributed by atoms with E-state index in [1.165, 1.54) is 0 Å². The molecule has 5 nitrogen and oxygen atoms in total. The minimum absolute atomic E-state index is 0.801. The molecule has 20 heavy (non-hydrogen) atoms. The van der Waals surface area contributed by atoms with E-state index in [9.17, 15) is 0 Å². The van der Waals surface area contributed by atoms with Crippen LogP contribution in [0.2, 0.25) is 0 Å². The van der Waals surface area contributed by atoms with Crippen LogP contribution in [0.15, 0.2) is 16.2 Å². The van der Waals surface area contributed by atoms with Crippen LogP contribution in [0.5, 0.6) is 0 Å². The van der Waals surface area contributed by atoms with E-state index in [-0.39, 0.29) is 0 Å². The van der Waals surface area contributed by atoms with Gasteiger partial charge in [-0.2, -0.15) is 0 Å². The minimum atomic E-state index is 0.801. The first-order valence-electron chi connectivity index (χ1n) is 6.60. The third-order valence-corrected chi connectivity index (χ3v) is 4.41. The zero-order valence-corrected chi connectivity index (χ0v) is 14.0. The van der Waals surface area contributed by atoms with Gasteiger partial charge in [-0.3, -0.25) is 0 Å². The SMILES string of the molecule is CCCNc1ncnc(NCCc2nc(C)cs2)c1Br. The van der Waals surface area contributed by atoms with Gasteiger partial charge >= 0.3 is 0 Å². The van der Waals surface area contributed by atoms with Crippen LogP contribution >= 0.6 is 27.3 Å². The van der Waals surface area contributed by atoms with Crippen LogP contribution in [-0.4, -0.2) is 28.0 Å². The number of rotatable bonds is 7. The van der Waals surface area contributed by atoms with Crippen molar-refractivity contribution < 1.29 is 0 Å². The molecule has 0 aliphatic rings. The summed E-state index contributed by atoms with van der Waals surface area (Å²) >= 11 is 5.23. The zero-order valence-electron chi connectivity index (χ0n) is 11.6. The van der Waals surface area contributed by atoms with Gasteiger partial charge in [0.05, 0.1) is 5.01 Å². The third-order valence-electron chi connectivity index (χ3n) is 2.63. The molecule has 2 N–H and O–H groups in total. The van der Waals surface area contributed by atoms with Gasteiger partial charge in [-0.25, -0.2) is 15.0 Å². The first-order chi connectivity index (χ1) is 9.70. The van der Waals surface area contributed by atoms with Gasteiger partial charge in [0.25, 0.3) is 0 Å². The highest BCUT2D eigenvalue weighted by Gasteiger charge is 2.08. The quantitative estimate of drug-likeness (QED) is 0.795. The van der Waals surface area contributed by atoms with Gasteiger partial charge in [-0.05, 0) is 29.3 Å². The van der Waals surface area contributed by atoms with E-state index in [1.807, 2.05) is 6.92 Å². The van der Waals surface area contributed by atoms with Crippen molar-refractivity contribution >= 4 is 38.9 Å². The van der Waals surface area contributed by atoms with E-state index in [4.69, 9.17) is 0 Å². The fourth-order valence-corrected chi connectivity index (χ4v) is 2.93. The Hall–Kier alpha value is -1.21. The number of thiazole rings is 1. The van der Waals surface area contributed by atoms with E-state index in [2.05, 4.69) is 53.8 Å². The number of nitrogens with zero attached hydrogens (tertiary/aromatic N) is 3. The molecule has 0 bridgehead atoms. The summed E-state index contributed by atoms with van der Waals surface area (Å²) in [6, 6.07) is 0. The molecule has 0 radical (unpaired) electrons. The fourth-order valence-electron chi connectivity index (χ4n) is 1.67. The molecule has 0 unspecified atom stereocenters. The van der Waals surface area contributed by atoms with Crippen molar-refractivity contribution in [3.63, 3.8) is 0 Å². The first kappa shape index (κ1) is 15.2. The Balaban J connectivity index is 1.92. The highest BCUT2D eigenvalue weighted by Crippen LogP contribution is 2.26. The predicted molar refractivity (Wildman–Crippen MR) is 87.6 cm³/mol. The van der Waals surface area contributed by atoms with E-state index >= 15 is 0 Å². The number of nitrogens with one attached hydrogen (secondary N) is 2. The molecule has 7 heteroatoms. The highest BCUT2D eigenvalue weighted by molar-refractivity contribution is 9.10. The van der Waals surface area contributed by atoms with E-state index in [0.717, 1.165) is 52.7 Å². The lowest BCUT2D eigenvalue weighted by atomic mass is 10.4. The van der Waals surface area contributed by atoms with Crippen molar-refractivity contribution in [3.05, 3.63) is 26.9 Å². The summed E-state index contributed by atoms with van der Waals surface area (Å²) in [4.78, 5) is 12.9. The Kier molecular flexibility index (Phi) is 5.72. The molecule has 0 aliphatic heterocycles. The molecule has 108 valence electrons. The third kappa shape index (κ3) is 4.14. The van der Waals surface area contributed by atoms with Crippen LogP contribution in [0.4, 0.5) is 11.6 Å². The van der Waals surface area contributed by atoms with Gasteiger partial charge in [0.1, 0.15) is 22.4 Å². The van der Waals surface area contributed by atoms with Crippen molar-refractivity contribution in [1.82, 2.24) is 15.0 Å². The van der Waals surface area contributed by atoms with Crippen LogP contribution < -0.4 is 10.6 Å². The number of hydrogen-bond acceptors (Lipinski definition) is 6. The van der Waals surface area contributed by atoms with E-state index in [1.54, 1.807) is 17.7 Å². The standard InChI is InChI=1S/C13H18BrN5S/c1-3-5-15-12-11(14)13(18-8-17-12)16-6-4-10-19-9(2)7-20-10/h7-8H,3-6H2,1-2H3,(H2,15,16,17,18). The largest absolute Gasteiger partial charge is 0.369 e. The molecule has 0 fully saturated rings. The summed E-state index contributed by atoms with van der Waals surface area (Å²) in [5.41, 5.74) is 1.08. The Labute approximate surface area is 131 Å². The molecule has 0 amide bonds. The second-order valence-electron chi connectivity index (χ2n) is 4.37. The van der Waals surface area contributed by atoms with Gasteiger partial charge in [0, 0.05) is 30.6 Å². The Morgan fingerprint density at radius 2 is 1.90 bits per heavy atom. The second kappa shape index (κ2) is 7.54. The molecule has 0 spiro atoms. The second-order valence-corrected chi connectivity index (χ2v) is 6.11. The summed E-state index contributed by atoms with van der Waals surface area (Å²) < 4.78 is 0.878. The van der Waals surface area contributed by atoms with Gasteiger partial charge in [0.2, 0.25) is 0 Å². The molecule has 2 rings (SSSR count). The summed E-state index contributed by atoms with van der Waals surface area (Å²) in [7, 11) is 0. The van der Waals surface area contributed by atoms with Crippen LogP contribution in [0.3, 0.4) is 0 Å². The molecular weight excluding hydrogens is 338 g/mol. The molecule has 0 aliphatic carbocycles. The van der Waals surface area contributed by atoms with E-state index < -0.39 is 0 Å². The summed E-state index contributed by atoms with van der Waals surface area (Å²) in [5, 5.41) is 9.80. The Bertz CT molecular complexity index is 557. The molecule has 2 aromatic heterocycles. The Morgan fingerprint density at radius 3 is 2.50 bits per heavy atom. The van der Waals surface area contributed by atoms with Crippen molar-refractivity contribution in [2.75, 3.05) is 23.7 Å². The van der Waals surface area contributed by atoms with Gasteiger partial charge in [0.15, 0.2) is 0 Å². The molecule has 2 heterocycles. The first-order valence-corrected chi connectivity index (χ1v) is 8.27. The van der Waals surface area contributed by atoms with E-state index in [0.29, 0.717) is 0 Å². The normalized spacial score (nSPS) is 10.6. The molecule has 0 saturated carbocycles. The van der Waals surface area contributed by atoms with Gasteiger partial charge < -0.3 is 10.6 Å². The number of hydrogen-bond donors (Lipinski definition) is 2. The summed E-state index contributed by atoms with van der Waals surface area (Å²) in [5.74, 6) is 1.64. The lowest BCUT2D eigenvalue weighted by Crippen LogP contribution is -2.09. The van der Waals surface area contributed by atoms with Crippen LogP contribution in [0, 0.1) is 6.92 Å². The van der Waals surface area contributed by atoms with Crippen LogP contribution in [0.25, 0.3) is 0 Å². The van der Waals surface area contributed by atoms with Crippen LogP contribution in [-0.2, 0) is 6.42 Å². The molecule has 0 atom stereocenters. The maximum atomic E-state index is 4.44. The minimum Gasteiger partial charge on any atom is -0.369 e. The summed E-state index contributed by atoms with van der Waals surface area (Å²) in [6.45, 7) is 5.83. The maximum absolute atomic E-state index is 4.44. The monoisotopic (exact) mass is 355 g/mol. The topological polar surface area (TPSA) is 62.7 Å². The van der Waals surface area contributed by atoms with Crippen molar-refractivity contribution in [1.29, 1.82) is 0 Å². The van der Waals surface area contributed by atoms with Crippen LogP contribution in [0.1, 0.15) is 24.0 Å². The lowest BCUT2D eigenvalue weighted by molar-refractivity contribution is 0.952. The molecular formula is C13H18BrN5S. The average molecular weight is 356 g/mol. The average Bonchev–Trinajstić information content (AvgIpc) is 2.85. The maximum Gasteiger partial charge on any atom is 0.145 e. The number of anilines is 2. The van der Waals surface area contributed by atoms with Gasteiger partial charge in [-0.1, -0.05) is 6.92 Å². The molecule has 2 aromatic rings. The smallest absolute Gasteiger partial charge is 0.145 e. The van der Waals surface area contributed by atoms with Crippen molar-refractivity contribution in [2.24, 2.45) is 0 Å². The number of halogens is 1. The Morgan fingerprint density at radius 1 is 1.20 bits per heavy atom. The number of aromatic nitrogens is 3. The highest BCUT2D eigenvalue weighted by atomic mass is 79.9. The molecule has 0 aromatic carbocycles. The van der Waals surface area contributed by atoms with Crippen molar-refractivity contribution in [3.8, 4) is 0 Å². The lowest BCUT2D eigenvalue weighted by Gasteiger charge is -2.10. The fraction of sp³-hybridized carbons (Fsp3) is 0.462. The van der Waals surface area contributed by atoms with Crippen molar-refractivity contribution in [2.45, 2.75) is 26.7 Å². The number of aryl methyl sites for hydroxylation is 1. The summed E-state index contributed by atoms with van der Waals surface area (Å²) in [6.07, 6.45) is 3.52. The van der Waals surface area contributed by atoms with Gasteiger partial charge in [-0.15, -0.1) is 11.3 Å². The molecule has 0 saturated heterocycles. The zero-order chi connectivity index (χ0) is 14.4.